The summed E-state index contributed by atoms with van der Waals surface area (Å²) in [5.41, 5.74) is 0.649. The highest BCUT2D eigenvalue weighted by Gasteiger charge is 2.34. The predicted octanol–water partition coefficient (Wildman–Crippen LogP) is 3.12. The number of unbranched alkanes of at least 4 members (excludes halogenated alkanes) is 1. The van der Waals surface area contributed by atoms with Crippen LogP contribution >= 0.6 is 0 Å². The fourth-order valence-electron chi connectivity index (χ4n) is 3.03. The van der Waals surface area contributed by atoms with Crippen molar-refractivity contribution in [3.05, 3.63) is 0 Å². The summed E-state index contributed by atoms with van der Waals surface area (Å²) >= 11 is 0. The maximum absolute atomic E-state index is 5.13. The molecule has 0 heterocycles. The predicted molar refractivity (Wildman–Crippen MR) is 67.7 cm³/mol. The Morgan fingerprint density at radius 2 is 1.94 bits per heavy atom. The Labute approximate surface area is 100 Å². The van der Waals surface area contributed by atoms with E-state index >= 15 is 0 Å². The van der Waals surface area contributed by atoms with Gasteiger partial charge in [-0.15, -0.1) is 0 Å². The molecule has 2 heteroatoms. The van der Waals surface area contributed by atoms with E-state index in [0.717, 1.165) is 12.6 Å². The first-order valence-electron chi connectivity index (χ1n) is 7.07. The molecule has 2 fully saturated rings. The second kappa shape index (κ2) is 6.02. The third-order valence-electron chi connectivity index (χ3n) is 4.31. The molecule has 16 heavy (non-hydrogen) atoms. The fourth-order valence-corrected chi connectivity index (χ4v) is 3.03. The van der Waals surface area contributed by atoms with Crippen LogP contribution in [0.5, 0.6) is 0 Å². The summed E-state index contributed by atoms with van der Waals surface area (Å²) in [5, 5.41) is 3.75. The Balaban J connectivity index is 1.68. The van der Waals surface area contributed by atoms with Crippen LogP contribution in [-0.2, 0) is 4.74 Å². The zero-order valence-electron chi connectivity index (χ0n) is 10.8. The summed E-state index contributed by atoms with van der Waals surface area (Å²) in [6, 6.07) is 0.872. The monoisotopic (exact) mass is 225 g/mol. The van der Waals surface area contributed by atoms with Crippen LogP contribution in [0, 0.1) is 5.41 Å². The number of methoxy groups -OCH3 is 1. The minimum atomic E-state index is 0.649. The molecule has 0 aromatic heterocycles. The lowest BCUT2D eigenvalue weighted by atomic mass is 9.81. The molecule has 0 aliphatic heterocycles. The molecule has 0 amide bonds. The Morgan fingerprint density at radius 3 is 2.56 bits per heavy atom. The third kappa shape index (κ3) is 3.74. The highest BCUT2D eigenvalue weighted by molar-refractivity contribution is 4.90. The van der Waals surface area contributed by atoms with Gasteiger partial charge in [-0.3, -0.25) is 0 Å². The first-order valence-corrected chi connectivity index (χ1v) is 7.07. The Bertz CT molecular complexity index is 195. The van der Waals surface area contributed by atoms with Gasteiger partial charge in [-0.2, -0.15) is 0 Å². The molecule has 0 spiro atoms. The van der Waals surface area contributed by atoms with Crippen LogP contribution in [0.1, 0.15) is 57.8 Å². The topological polar surface area (TPSA) is 21.3 Å². The highest BCUT2D eigenvalue weighted by atomic mass is 16.5. The van der Waals surface area contributed by atoms with Gasteiger partial charge in [0.25, 0.3) is 0 Å². The quantitative estimate of drug-likeness (QED) is 0.641. The Morgan fingerprint density at radius 1 is 1.19 bits per heavy atom. The van der Waals surface area contributed by atoms with Gasteiger partial charge in [0.2, 0.25) is 0 Å². The summed E-state index contributed by atoms with van der Waals surface area (Å²) in [5.74, 6) is 0. The van der Waals surface area contributed by atoms with E-state index < -0.39 is 0 Å². The van der Waals surface area contributed by atoms with Crippen LogP contribution in [0.4, 0.5) is 0 Å². The number of ether oxygens (including phenoxy) is 1. The van der Waals surface area contributed by atoms with Crippen molar-refractivity contribution >= 4 is 0 Å². The highest BCUT2D eigenvalue weighted by Crippen LogP contribution is 2.42. The SMILES string of the molecule is COCCCCC1(CNC2CC2)CCCC1. The maximum atomic E-state index is 5.13. The van der Waals surface area contributed by atoms with Gasteiger partial charge >= 0.3 is 0 Å². The standard InChI is InChI=1S/C14H27NO/c1-16-11-5-4-10-14(8-2-3-9-14)12-15-13-6-7-13/h13,15H,2-12H2,1H3. The molecule has 0 atom stereocenters. The second-order valence-electron chi connectivity index (χ2n) is 5.81. The van der Waals surface area contributed by atoms with E-state index in [2.05, 4.69) is 5.32 Å². The first-order chi connectivity index (χ1) is 7.85. The molecular formula is C14H27NO. The van der Waals surface area contributed by atoms with E-state index in [-0.39, 0.29) is 0 Å². The molecular weight excluding hydrogens is 198 g/mol. The van der Waals surface area contributed by atoms with E-state index in [9.17, 15) is 0 Å². The van der Waals surface area contributed by atoms with Gasteiger partial charge in [0.1, 0.15) is 0 Å². The fraction of sp³-hybridized carbons (Fsp3) is 1.00. The van der Waals surface area contributed by atoms with Crippen molar-refractivity contribution in [1.29, 1.82) is 0 Å². The summed E-state index contributed by atoms with van der Waals surface area (Å²) in [4.78, 5) is 0. The minimum Gasteiger partial charge on any atom is -0.385 e. The average Bonchev–Trinajstić information content (AvgIpc) is 3.02. The van der Waals surface area contributed by atoms with E-state index in [4.69, 9.17) is 4.74 Å². The van der Waals surface area contributed by atoms with E-state index in [1.54, 1.807) is 7.11 Å². The molecule has 0 saturated heterocycles. The van der Waals surface area contributed by atoms with Crippen molar-refractivity contribution < 1.29 is 4.74 Å². The molecule has 0 bridgehead atoms. The summed E-state index contributed by atoms with van der Waals surface area (Å²) in [6.07, 6.45) is 12.7. The van der Waals surface area contributed by atoms with Crippen molar-refractivity contribution in [2.24, 2.45) is 5.41 Å². The van der Waals surface area contributed by atoms with Crippen LogP contribution in [0.15, 0.2) is 0 Å². The van der Waals surface area contributed by atoms with Crippen molar-refractivity contribution in [3.8, 4) is 0 Å². The summed E-state index contributed by atoms with van der Waals surface area (Å²) in [6.45, 7) is 2.22. The number of hydrogen-bond acceptors (Lipinski definition) is 2. The molecule has 2 saturated carbocycles. The average molecular weight is 225 g/mol. The normalized spacial score (nSPS) is 23.8. The molecule has 1 N–H and O–H groups in total. The Kier molecular flexibility index (Phi) is 4.66. The van der Waals surface area contributed by atoms with Crippen LogP contribution in [0.3, 0.4) is 0 Å². The second-order valence-corrected chi connectivity index (χ2v) is 5.81. The van der Waals surface area contributed by atoms with E-state index in [1.165, 1.54) is 64.3 Å². The van der Waals surface area contributed by atoms with E-state index in [1.807, 2.05) is 0 Å². The number of nitrogens with one attached hydrogen (secondary N) is 1. The zero-order chi connectivity index (χ0) is 11.3. The largest absolute Gasteiger partial charge is 0.385 e. The molecule has 0 radical (unpaired) electrons. The third-order valence-corrected chi connectivity index (χ3v) is 4.31. The van der Waals surface area contributed by atoms with Crippen molar-refractivity contribution in [1.82, 2.24) is 5.32 Å². The zero-order valence-corrected chi connectivity index (χ0v) is 10.8. The van der Waals surface area contributed by atoms with Crippen LogP contribution in [0.2, 0.25) is 0 Å². The first kappa shape index (κ1) is 12.4. The summed E-state index contributed by atoms with van der Waals surface area (Å²) in [7, 11) is 1.81. The molecule has 2 rings (SSSR count). The Hall–Kier alpha value is -0.0800. The van der Waals surface area contributed by atoms with Gasteiger partial charge in [-0.1, -0.05) is 19.3 Å². The molecule has 2 nitrogen and oxygen atoms in total. The molecule has 0 aromatic rings. The van der Waals surface area contributed by atoms with Gasteiger partial charge < -0.3 is 10.1 Å². The molecule has 2 aliphatic carbocycles. The van der Waals surface area contributed by atoms with Crippen molar-refractivity contribution in [2.45, 2.75) is 63.8 Å². The van der Waals surface area contributed by atoms with E-state index in [0.29, 0.717) is 5.41 Å². The van der Waals surface area contributed by atoms with Crippen LogP contribution < -0.4 is 5.32 Å². The lowest BCUT2D eigenvalue weighted by Gasteiger charge is -2.29. The summed E-state index contributed by atoms with van der Waals surface area (Å²) < 4.78 is 5.13. The van der Waals surface area contributed by atoms with Gasteiger partial charge in [-0.05, 0) is 43.9 Å². The van der Waals surface area contributed by atoms with Crippen molar-refractivity contribution in [2.75, 3.05) is 20.3 Å². The smallest absolute Gasteiger partial charge is 0.0462 e. The molecule has 0 aromatic carbocycles. The number of hydrogen-bond donors (Lipinski definition) is 1. The minimum absolute atomic E-state index is 0.649. The van der Waals surface area contributed by atoms with Crippen LogP contribution in [0.25, 0.3) is 0 Å². The van der Waals surface area contributed by atoms with Crippen molar-refractivity contribution in [3.63, 3.8) is 0 Å². The lowest BCUT2D eigenvalue weighted by molar-refractivity contribution is 0.179. The lowest BCUT2D eigenvalue weighted by Crippen LogP contribution is -2.33. The maximum Gasteiger partial charge on any atom is 0.0462 e. The van der Waals surface area contributed by atoms with Gasteiger partial charge in [0.15, 0.2) is 0 Å². The van der Waals surface area contributed by atoms with Gasteiger partial charge in [0, 0.05) is 26.3 Å². The molecule has 94 valence electrons. The number of rotatable bonds is 8. The van der Waals surface area contributed by atoms with Gasteiger partial charge in [-0.25, -0.2) is 0 Å². The molecule has 0 unspecified atom stereocenters. The molecule has 2 aliphatic rings. The van der Waals surface area contributed by atoms with Crippen LogP contribution in [-0.4, -0.2) is 26.3 Å². The van der Waals surface area contributed by atoms with Gasteiger partial charge in [0.05, 0.1) is 0 Å².